The molecule has 0 N–H and O–H groups in total. The van der Waals surface area contributed by atoms with Crippen LogP contribution in [0.2, 0.25) is 0 Å². The zero-order valence-corrected chi connectivity index (χ0v) is 29.9. The van der Waals surface area contributed by atoms with Crippen LogP contribution in [0.4, 0.5) is 87.8 Å². The third kappa shape index (κ3) is 7.00. The molecule has 6 aromatic carbocycles. The Labute approximate surface area is 335 Å². The summed E-state index contributed by atoms with van der Waals surface area (Å²) >= 11 is 0. The average Bonchev–Trinajstić information content (AvgIpc) is 3.69. The van der Waals surface area contributed by atoms with E-state index in [4.69, 9.17) is 4.42 Å². The van der Waals surface area contributed by atoms with Gasteiger partial charge in [0, 0.05) is 11.6 Å². The number of aromatic nitrogens is 1. The maximum absolute atomic E-state index is 15.4. The second-order valence-corrected chi connectivity index (χ2v) is 12.9. The molecule has 0 spiro atoms. The lowest BCUT2D eigenvalue weighted by atomic mass is 9.12. The lowest BCUT2D eigenvalue weighted by Gasteiger charge is -2.44. The van der Waals surface area contributed by atoms with E-state index in [1.54, 1.807) is 6.39 Å². The van der Waals surface area contributed by atoms with Crippen molar-refractivity contribution in [3.05, 3.63) is 183 Å². The molecule has 0 aliphatic carbocycles. The maximum atomic E-state index is 15.4. The van der Waals surface area contributed by atoms with Crippen molar-refractivity contribution in [2.45, 2.75) is 6.54 Å². The number of para-hydroxylation sites is 2. The van der Waals surface area contributed by atoms with E-state index in [-0.39, 0.29) is 5.78 Å². The fourth-order valence-electron chi connectivity index (χ4n) is 6.84. The Morgan fingerprint density at radius 3 is 0.968 bits per heavy atom. The molecule has 0 unspecified atom stereocenters. The predicted octanol–water partition coefficient (Wildman–Crippen LogP) is 8.45. The summed E-state index contributed by atoms with van der Waals surface area (Å²) in [7, 11) is 0. The Kier molecular flexibility index (Phi) is 12.2. The van der Waals surface area contributed by atoms with Gasteiger partial charge in [0.25, 0.3) is 5.52 Å². The zero-order chi connectivity index (χ0) is 46.7. The van der Waals surface area contributed by atoms with E-state index in [2.05, 4.69) is 0 Å². The molecule has 0 atom stereocenters. The molecule has 0 aliphatic rings. The van der Waals surface area contributed by atoms with E-state index in [1.165, 1.54) is 0 Å². The van der Waals surface area contributed by atoms with E-state index in [9.17, 15) is 57.5 Å². The summed E-state index contributed by atoms with van der Waals surface area (Å²) in [6, 6.07) is 17.0. The number of hydrogen-bond acceptors (Lipinski definition) is 2. The smallest absolute Gasteiger partial charge is 0.335 e. The summed E-state index contributed by atoms with van der Waals surface area (Å²) in [4.78, 5) is 12.1. The number of fused-ring (bicyclic) bond motifs is 1. The second-order valence-electron chi connectivity index (χ2n) is 12.9. The number of carbonyl (C=O) groups is 1. The molecule has 7 rings (SSSR count). The van der Waals surface area contributed by atoms with Crippen LogP contribution in [0.3, 0.4) is 0 Å². The SMILES string of the molecule is Fc1c(F)c(F)c([B-](c2c(F)c(F)c(F)c(F)c2F)(c2c(F)c(F)c(F)c(F)c2F)c2c(F)c(F)c(F)c(F)c2F)c(F)c1F.O=C(C[n+]1coc2ccccc21)c1ccccc1. The number of hydrogen-bond donors (Lipinski definition) is 0. The molecule has 328 valence electrons. The molecule has 1 aromatic heterocycles. The van der Waals surface area contributed by atoms with Crippen molar-refractivity contribution < 1.29 is 102 Å². The van der Waals surface area contributed by atoms with Gasteiger partial charge in [-0.1, -0.05) is 42.5 Å². The number of Topliss-reactive ketones (excluding diaryl/α,β-unsaturated/α-hetero) is 1. The number of carbonyl (C=O) groups excluding carboxylic acids is 1. The van der Waals surface area contributed by atoms with Gasteiger partial charge in [-0.15, -0.1) is 21.9 Å². The van der Waals surface area contributed by atoms with Crippen LogP contribution < -0.4 is 26.4 Å². The Morgan fingerprint density at radius 2 is 0.651 bits per heavy atom. The van der Waals surface area contributed by atoms with Crippen LogP contribution in [0.5, 0.6) is 0 Å². The van der Waals surface area contributed by atoms with E-state index < -0.39 is 144 Å². The van der Waals surface area contributed by atoms with Crippen molar-refractivity contribution in [2.24, 2.45) is 0 Å². The Hall–Kier alpha value is -6.88. The summed E-state index contributed by atoms with van der Waals surface area (Å²) in [5.41, 5.74) is -11.9. The summed E-state index contributed by atoms with van der Waals surface area (Å²) in [6.07, 6.45) is -5.63. The van der Waals surface area contributed by atoms with Crippen molar-refractivity contribution >= 4 is 44.9 Å². The number of ketones is 1. The monoisotopic (exact) mass is 917 g/mol. The minimum atomic E-state index is -7.22. The summed E-state index contributed by atoms with van der Waals surface area (Å²) in [6.45, 7) is 0.293. The Balaban J connectivity index is 0.000000302. The molecule has 0 saturated carbocycles. The second kappa shape index (κ2) is 16.8. The van der Waals surface area contributed by atoms with Gasteiger partial charge < -0.3 is 4.42 Å². The normalized spacial score (nSPS) is 11.6. The fraction of sp³-hybridized carbons (Fsp3) is 0.0256. The summed E-state index contributed by atoms with van der Waals surface area (Å²) in [5, 5.41) is 0. The minimum Gasteiger partial charge on any atom is -0.404 e. The highest BCUT2D eigenvalue weighted by molar-refractivity contribution is 7.20. The van der Waals surface area contributed by atoms with Crippen LogP contribution in [0.1, 0.15) is 10.4 Å². The van der Waals surface area contributed by atoms with Crippen LogP contribution in [-0.4, -0.2) is 11.9 Å². The van der Waals surface area contributed by atoms with Crippen molar-refractivity contribution in [1.82, 2.24) is 0 Å². The van der Waals surface area contributed by atoms with Gasteiger partial charge in [0.1, 0.15) is 52.7 Å². The summed E-state index contributed by atoms with van der Waals surface area (Å²) in [5.74, 6) is -71.3. The number of benzene rings is 6. The molecule has 7 aromatic rings. The van der Waals surface area contributed by atoms with Crippen LogP contribution >= 0.6 is 0 Å². The van der Waals surface area contributed by atoms with Crippen LogP contribution in [0.25, 0.3) is 11.1 Å². The van der Waals surface area contributed by atoms with Gasteiger partial charge >= 0.3 is 6.39 Å². The van der Waals surface area contributed by atoms with Gasteiger partial charge in [0.15, 0.2) is 69.8 Å². The lowest BCUT2D eigenvalue weighted by molar-refractivity contribution is -0.662. The minimum absolute atomic E-state index is 0.0761. The number of nitrogens with zero attached hydrogens (tertiary/aromatic N) is 1. The van der Waals surface area contributed by atoms with Gasteiger partial charge in [-0.25, -0.2) is 87.8 Å². The zero-order valence-electron chi connectivity index (χ0n) is 29.9. The number of halogens is 20. The average molecular weight is 917 g/mol. The van der Waals surface area contributed by atoms with E-state index in [0.717, 1.165) is 16.7 Å². The lowest BCUT2D eigenvalue weighted by Crippen LogP contribution is -2.81. The van der Waals surface area contributed by atoms with Gasteiger partial charge in [-0.2, -0.15) is 4.57 Å². The first-order chi connectivity index (χ1) is 29.5. The third-order valence-electron chi connectivity index (χ3n) is 9.60. The molecule has 0 amide bonds. The van der Waals surface area contributed by atoms with E-state index in [1.807, 2.05) is 59.2 Å². The molecular weight excluding hydrogens is 905 g/mol. The van der Waals surface area contributed by atoms with E-state index in [0.29, 0.717) is 6.54 Å². The highest BCUT2D eigenvalue weighted by Crippen LogP contribution is 2.31. The molecule has 0 saturated heterocycles. The third-order valence-corrected chi connectivity index (χ3v) is 9.60. The van der Waals surface area contributed by atoms with Gasteiger partial charge in [-0.05, 0) is 6.07 Å². The standard InChI is InChI=1S/C24BF20.C15H12NO2/c26-5-1(6(27)14(35)21(42)13(5)34)25(2-7(28)15(36)22(43)16(37)8(2)29,3-9(30)17(38)23(44)18(39)10(3)31)4-11(32)19(40)24(45)20(41)12(4)33;17-14(12-6-2-1-3-7-12)10-16-11-18-15-9-5-4-8-13(15)16/h;1-9,11H,10H2/q-1;+1. The molecule has 63 heavy (non-hydrogen) atoms. The highest BCUT2D eigenvalue weighted by atomic mass is 19.2. The van der Waals surface area contributed by atoms with Crippen LogP contribution in [0.15, 0.2) is 65.4 Å². The Morgan fingerprint density at radius 1 is 0.381 bits per heavy atom. The van der Waals surface area contributed by atoms with Gasteiger partial charge in [0.2, 0.25) is 17.9 Å². The predicted molar refractivity (Wildman–Crippen MR) is 176 cm³/mol. The van der Waals surface area contributed by atoms with Gasteiger partial charge in [0.05, 0.1) is 0 Å². The van der Waals surface area contributed by atoms with Crippen molar-refractivity contribution in [3.8, 4) is 0 Å². The molecule has 0 aliphatic heterocycles. The number of oxazole rings is 1. The molecule has 3 nitrogen and oxygen atoms in total. The molecular formula is C39H12BF20NO2. The van der Waals surface area contributed by atoms with Crippen LogP contribution in [-0.2, 0) is 6.54 Å². The quantitative estimate of drug-likeness (QED) is 0.0402. The van der Waals surface area contributed by atoms with Crippen molar-refractivity contribution in [3.63, 3.8) is 0 Å². The molecule has 0 radical (unpaired) electrons. The van der Waals surface area contributed by atoms with Crippen LogP contribution in [0, 0.1) is 116 Å². The summed E-state index contributed by atoms with van der Waals surface area (Å²) < 4.78 is 301. The molecule has 24 heteroatoms. The Bertz CT molecular complexity index is 2630. The first kappa shape index (κ1) is 45.6. The van der Waals surface area contributed by atoms with Gasteiger partial charge in [-0.3, -0.25) is 4.79 Å². The molecule has 0 bridgehead atoms. The first-order valence-electron chi connectivity index (χ1n) is 16.7. The fourth-order valence-corrected chi connectivity index (χ4v) is 6.84. The maximum Gasteiger partial charge on any atom is 0.335 e. The van der Waals surface area contributed by atoms with Crippen molar-refractivity contribution in [1.29, 1.82) is 0 Å². The molecule has 0 fully saturated rings. The largest absolute Gasteiger partial charge is 0.404 e. The highest BCUT2D eigenvalue weighted by Gasteiger charge is 2.52. The van der Waals surface area contributed by atoms with Crippen molar-refractivity contribution in [2.75, 3.05) is 0 Å². The first-order valence-corrected chi connectivity index (χ1v) is 16.7. The van der Waals surface area contributed by atoms with E-state index >= 15 is 35.1 Å². The molecule has 1 heterocycles. The topological polar surface area (TPSA) is 34.1 Å². The number of rotatable bonds is 7.